The van der Waals surface area contributed by atoms with E-state index >= 15 is 0 Å². The minimum Gasteiger partial charge on any atom is -0.497 e. The third-order valence-electron chi connectivity index (χ3n) is 6.60. The maximum atomic E-state index is 13.1. The van der Waals surface area contributed by atoms with Crippen molar-refractivity contribution in [1.29, 1.82) is 0 Å². The first kappa shape index (κ1) is 18.4. The highest BCUT2D eigenvalue weighted by Crippen LogP contribution is 2.59. The lowest BCUT2D eigenvalue weighted by atomic mass is 9.91. The zero-order valence-corrected chi connectivity index (χ0v) is 16.5. The van der Waals surface area contributed by atoms with E-state index in [1.165, 1.54) is 0 Å². The van der Waals surface area contributed by atoms with Gasteiger partial charge in [-0.3, -0.25) is 4.79 Å². The van der Waals surface area contributed by atoms with Gasteiger partial charge >= 0.3 is 0 Å². The molecule has 3 aliphatic rings. The highest BCUT2D eigenvalue weighted by Gasteiger charge is 2.58. The first-order valence-electron chi connectivity index (χ1n) is 10.1. The van der Waals surface area contributed by atoms with Crippen LogP contribution in [0.5, 0.6) is 11.5 Å². The molecule has 1 aromatic carbocycles. The number of rotatable bonds is 4. The molecule has 2 heterocycles. The SMILES string of the molecule is COc1cc(OC)cc(N2CCCN(C(=O)C3CC34CCNCC4)CC2)c1. The number of amides is 1. The van der Waals surface area contributed by atoms with Crippen molar-refractivity contribution in [3.05, 3.63) is 18.2 Å². The van der Waals surface area contributed by atoms with Gasteiger partial charge in [0.05, 0.1) is 14.2 Å². The van der Waals surface area contributed by atoms with Gasteiger partial charge in [0.25, 0.3) is 0 Å². The molecule has 1 aromatic rings. The van der Waals surface area contributed by atoms with E-state index in [1.54, 1.807) is 14.2 Å². The smallest absolute Gasteiger partial charge is 0.226 e. The summed E-state index contributed by atoms with van der Waals surface area (Å²) >= 11 is 0. The number of piperidine rings is 1. The average Bonchev–Trinajstić information content (AvgIpc) is 3.46. The maximum absolute atomic E-state index is 13.1. The van der Waals surface area contributed by atoms with Crippen molar-refractivity contribution in [3.8, 4) is 11.5 Å². The number of methoxy groups -OCH3 is 2. The van der Waals surface area contributed by atoms with Crippen LogP contribution in [0.25, 0.3) is 0 Å². The lowest BCUT2D eigenvalue weighted by Crippen LogP contribution is -2.38. The fourth-order valence-corrected chi connectivity index (χ4v) is 4.77. The minimum atomic E-state index is 0.267. The number of benzene rings is 1. The Morgan fingerprint density at radius 3 is 2.41 bits per heavy atom. The summed E-state index contributed by atoms with van der Waals surface area (Å²) in [5.74, 6) is 2.25. The molecular formula is C21H31N3O3. The molecule has 1 saturated carbocycles. The molecule has 1 aliphatic carbocycles. The largest absolute Gasteiger partial charge is 0.497 e. The summed E-state index contributed by atoms with van der Waals surface area (Å²) in [6.07, 6.45) is 4.41. The van der Waals surface area contributed by atoms with E-state index in [0.29, 0.717) is 11.3 Å². The Bertz CT molecular complexity index is 665. The molecule has 27 heavy (non-hydrogen) atoms. The Kier molecular flexibility index (Phi) is 5.17. The van der Waals surface area contributed by atoms with Gasteiger partial charge in [0.15, 0.2) is 0 Å². The summed E-state index contributed by atoms with van der Waals surface area (Å²) in [4.78, 5) is 17.5. The van der Waals surface area contributed by atoms with Crippen molar-refractivity contribution in [1.82, 2.24) is 10.2 Å². The molecule has 1 N–H and O–H groups in total. The molecular weight excluding hydrogens is 342 g/mol. The number of carbonyl (C=O) groups is 1. The van der Waals surface area contributed by atoms with E-state index in [4.69, 9.17) is 9.47 Å². The number of carbonyl (C=O) groups excluding carboxylic acids is 1. The molecule has 148 valence electrons. The second kappa shape index (κ2) is 7.58. The van der Waals surface area contributed by atoms with Crippen LogP contribution in [-0.2, 0) is 4.79 Å². The van der Waals surface area contributed by atoms with Crippen molar-refractivity contribution < 1.29 is 14.3 Å². The first-order valence-corrected chi connectivity index (χ1v) is 10.1. The molecule has 2 saturated heterocycles. The standard InChI is InChI=1S/C21H31N3O3/c1-26-17-12-16(13-18(14-17)27-2)23-8-3-9-24(11-10-23)20(25)19-15-21(19)4-6-22-7-5-21/h12-14,19,22H,3-11,15H2,1-2H3. The number of hydrogen-bond acceptors (Lipinski definition) is 5. The van der Waals surface area contributed by atoms with Crippen LogP contribution < -0.4 is 19.7 Å². The number of hydrogen-bond donors (Lipinski definition) is 1. The normalized spacial score (nSPS) is 24.4. The van der Waals surface area contributed by atoms with Crippen LogP contribution in [0.2, 0.25) is 0 Å². The molecule has 1 amide bonds. The highest BCUT2D eigenvalue weighted by molar-refractivity contribution is 5.83. The fourth-order valence-electron chi connectivity index (χ4n) is 4.77. The van der Waals surface area contributed by atoms with Crippen molar-refractivity contribution >= 4 is 11.6 Å². The monoisotopic (exact) mass is 373 g/mol. The molecule has 0 bridgehead atoms. The molecule has 4 rings (SSSR count). The van der Waals surface area contributed by atoms with Gasteiger partial charge in [-0.1, -0.05) is 0 Å². The van der Waals surface area contributed by atoms with Crippen molar-refractivity contribution in [2.45, 2.75) is 25.7 Å². The Morgan fingerprint density at radius 1 is 1.04 bits per heavy atom. The van der Waals surface area contributed by atoms with Gasteiger partial charge in [-0.25, -0.2) is 0 Å². The first-order chi connectivity index (χ1) is 13.1. The average molecular weight is 373 g/mol. The van der Waals surface area contributed by atoms with E-state index in [1.807, 2.05) is 18.2 Å². The lowest BCUT2D eigenvalue weighted by molar-refractivity contribution is -0.133. The number of nitrogens with one attached hydrogen (secondary N) is 1. The predicted octanol–water partition coefficient (Wildman–Crippen LogP) is 2.13. The van der Waals surface area contributed by atoms with Gasteiger partial charge in [-0.15, -0.1) is 0 Å². The number of anilines is 1. The van der Waals surface area contributed by atoms with Crippen molar-refractivity contribution in [2.75, 3.05) is 58.4 Å². The zero-order valence-electron chi connectivity index (χ0n) is 16.5. The van der Waals surface area contributed by atoms with Crippen molar-refractivity contribution in [2.24, 2.45) is 11.3 Å². The molecule has 0 radical (unpaired) electrons. The highest BCUT2D eigenvalue weighted by atomic mass is 16.5. The summed E-state index contributed by atoms with van der Waals surface area (Å²) in [6, 6.07) is 5.98. The molecule has 1 unspecified atom stereocenters. The summed E-state index contributed by atoms with van der Waals surface area (Å²) in [5, 5.41) is 3.42. The second-order valence-electron chi connectivity index (χ2n) is 8.11. The number of ether oxygens (including phenoxy) is 2. The summed E-state index contributed by atoms with van der Waals surface area (Å²) in [6.45, 7) is 5.58. The zero-order chi connectivity index (χ0) is 18.9. The van der Waals surface area contributed by atoms with Gasteiger partial charge in [0, 0.05) is 56.0 Å². The van der Waals surface area contributed by atoms with Crippen LogP contribution in [0.4, 0.5) is 5.69 Å². The molecule has 6 heteroatoms. The summed E-state index contributed by atoms with van der Waals surface area (Å²) < 4.78 is 10.8. The summed E-state index contributed by atoms with van der Waals surface area (Å²) in [5.41, 5.74) is 1.41. The van der Waals surface area contributed by atoms with Gasteiger partial charge < -0.3 is 24.6 Å². The maximum Gasteiger partial charge on any atom is 0.226 e. The lowest BCUT2D eigenvalue weighted by Gasteiger charge is -2.27. The van der Waals surface area contributed by atoms with Gasteiger partial charge in [-0.05, 0) is 44.2 Å². The van der Waals surface area contributed by atoms with Crippen LogP contribution in [0.3, 0.4) is 0 Å². The topological polar surface area (TPSA) is 54.0 Å². The van der Waals surface area contributed by atoms with Crippen LogP contribution >= 0.6 is 0 Å². The summed E-state index contributed by atoms with van der Waals surface area (Å²) in [7, 11) is 3.35. The Balaban J connectivity index is 1.40. The van der Waals surface area contributed by atoms with Gasteiger partial charge in [-0.2, -0.15) is 0 Å². The third-order valence-corrected chi connectivity index (χ3v) is 6.60. The van der Waals surface area contributed by atoms with Crippen LogP contribution in [0, 0.1) is 11.3 Å². The molecule has 0 aromatic heterocycles. The van der Waals surface area contributed by atoms with E-state index in [-0.39, 0.29) is 5.92 Å². The van der Waals surface area contributed by atoms with Crippen molar-refractivity contribution in [3.63, 3.8) is 0 Å². The van der Waals surface area contributed by atoms with Gasteiger partial charge in [0.1, 0.15) is 11.5 Å². The second-order valence-corrected chi connectivity index (χ2v) is 8.11. The minimum absolute atomic E-state index is 0.267. The molecule has 1 spiro atoms. The third kappa shape index (κ3) is 3.72. The Labute approximate surface area is 161 Å². The van der Waals surface area contributed by atoms with Crippen LogP contribution in [0.15, 0.2) is 18.2 Å². The fraction of sp³-hybridized carbons (Fsp3) is 0.667. The van der Waals surface area contributed by atoms with E-state index in [0.717, 1.165) is 82.1 Å². The quantitative estimate of drug-likeness (QED) is 0.876. The molecule has 2 aliphatic heterocycles. The number of nitrogens with zero attached hydrogens (tertiary/aromatic N) is 2. The Morgan fingerprint density at radius 2 is 1.74 bits per heavy atom. The van der Waals surface area contributed by atoms with Crippen LogP contribution in [0.1, 0.15) is 25.7 Å². The molecule has 6 nitrogen and oxygen atoms in total. The van der Waals surface area contributed by atoms with E-state index < -0.39 is 0 Å². The predicted molar refractivity (Wildman–Crippen MR) is 106 cm³/mol. The Hall–Kier alpha value is -1.95. The molecule has 3 fully saturated rings. The van der Waals surface area contributed by atoms with E-state index in [9.17, 15) is 4.79 Å². The van der Waals surface area contributed by atoms with E-state index in [2.05, 4.69) is 15.1 Å². The van der Waals surface area contributed by atoms with Gasteiger partial charge in [0.2, 0.25) is 5.91 Å². The van der Waals surface area contributed by atoms with Crippen LogP contribution in [-0.4, -0.2) is 64.3 Å². The molecule has 1 atom stereocenters.